The third-order valence-electron chi connectivity index (χ3n) is 7.82. The number of anilines is 1. The minimum atomic E-state index is -0.189. The number of benzene rings is 1. The number of aromatic nitrogens is 3. The molecule has 2 spiro atoms. The largest absolute Gasteiger partial charge is 0.369 e. The summed E-state index contributed by atoms with van der Waals surface area (Å²) in [4.78, 5) is 28.5. The second-order valence-electron chi connectivity index (χ2n) is 9.58. The molecule has 1 aromatic carbocycles. The first kappa shape index (κ1) is 17.4. The number of nitrogens with zero attached hydrogens (tertiary/aromatic N) is 4. The van der Waals surface area contributed by atoms with Gasteiger partial charge in [0.2, 0.25) is 11.9 Å². The summed E-state index contributed by atoms with van der Waals surface area (Å²) in [5.41, 5.74) is 8.58. The van der Waals surface area contributed by atoms with E-state index >= 15 is 0 Å². The molecule has 3 fully saturated rings. The molecule has 0 radical (unpaired) electrons. The van der Waals surface area contributed by atoms with E-state index in [-0.39, 0.29) is 17.2 Å². The number of primary amides is 1. The zero-order valence-electron chi connectivity index (χ0n) is 16.7. The van der Waals surface area contributed by atoms with Crippen LogP contribution in [0, 0.1) is 5.92 Å². The van der Waals surface area contributed by atoms with Gasteiger partial charge in [-0.15, -0.1) is 0 Å². The Labute approximate surface area is 170 Å². The van der Waals surface area contributed by atoms with Gasteiger partial charge in [0, 0.05) is 30.0 Å². The highest BCUT2D eigenvalue weighted by atomic mass is 16.1. The maximum absolute atomic E-state index is 11.5. The number of rotatable bonds is 2. The van der Waals surface area contributed by atoms with Crippen LogP contribution in [0.5, 0.6) is 0 Å². The molecular formula is C23H27N5O. The van der Waals surface area contributed by atoms with Gasteiger partial charge in [-0.1, -0.05) is 24.3 Å². The molecule has 3 aliphatic heterocycles. The van der Waals surface area contributed by atoms with Crippen molar-refractivity contribution in [3.05, 3.63) is 35.7 Å². The molecule has 150 valence electrons. The fraction of sp³-hybridized carbons (Fsp3) is 0.565. The lowest BCUT2D eigenvalue weighted by Gasteiger charge is -2.31. The SMILES string of the molecule is NC(=O)C1CCN(c2nc3nc(n2)C2(CCC4(CC4)c4ccc-3cc4)CC2)CC1. The smallest absolute Gasteiger partial charge is 0.229 e. The van der Waals surface area contributed by atoms with Gasteiger partial charge >= 0.3 is 0 Å². The zero-order chi connectivity index (χ0) is 19.6. The van der Waals surface area contributed by atoms with Crippen LogP contribution in [0.3, 0.4) is 0 Å². The summed E-state index contributed by atoms with van der Waals surface area (Å²) in [6, 6.07) is 8.94. The third kappa shape index (κ3) is 2.83. The van der Waals surface area contributed by atoms with Gasteiger partial charge < -0.3 is 10.6 Å². The molecule has 6 heteroatoms. The van der Waals surface area contributed by atoms with Gasteiger partial charge in [0.25, 0.3) is 0 Å². The normalized spacial score (nSPS) is 23.8. The standard InChI is InChI=1S/C23H27N5O/c24-18(29)15-5-13-28(14-6-15)21-26-19-16-1-3-17(4-2-16)22(7-8-22)9-10-23(11-12-23)20(25-19)27-21/h1-4,15H,5-14H2,(H2,24,29). The lowest BCUT2D eigenvalue weighted by molar-refractivity contribution is -0.122. The van der Waals surface area contributed by atoms with Crippen molar-refractivity contribution in [1.29, 1.82) is 0 Å². The Morgan fingerprint density at radius 3 is 2.14 bits per heavy atom. The van der Waals surface area contributed by atoms with Crippen molar-refractivity contribution in [2.24, 2.45) is 11.7 Å². The van der Waals surface area contributed by atoms with Crippen molar-refractivity contribution in [3.8, 4) is 11.4 Å². The summed E-state index contributed by atoms with van der Waals surface area (Å²) in [5, 5.41) is 0. The summed E-state index contributed by atoms with van der Waals surface area (Å²) in [6.45, 7) is 1.54. The van der Waals surface area contributed by atoms with Crippen LogP contribution < -0.4 is 10.6 Å². The Bertz CT molecular complexity index is 969. The molecule has 4 bridgehead atoms. The molecule has 0 unspecified atom stereocenters. The molecule has 5 aliphatic rings. The molecule has 6 nitrogen and oxygen atoms in total. The van der Waals surface area contributed by atoms with Crippen LogP contribution in [0.4, 0.5) is 5.95 Å². The highest BCUT2D eigenvalue weighted by Crippen LogP contribution is 2.58. The zero-order valence-corrected chi connectivity index (χ0v) is 16.7. The molecule has 7 rings (SSSR count). The van der Waals surface area contributed by atoms with Gasteiger partial charge in [-0.05, 0) is 62.3 Å². The quantitative estimate of drug-likeness (QED) is 0.853. The van der Waals surface area contributed by atoms with E-state index in [1.165, 1.54) is 44.1 Å². The van der Waals surface area contributed by atoms with Crippen molar-refractivity contribution < 1.29 is 4.79 Å². The van der Waals surface area contributed by atoms with Crippen molar-refractivity contribution in [3.63, 3.8) is 0 Å². The minimum Gasteiger partial charge on any atom is -0.369 e. The Kier molecular flexibility index (Phi) is 3.59. The second kappa shape index (κ2) is 6.00. The first-order chi connectivity index (χ1) is 14.1. The lowest BCUT2D eigenvalue weighted by atomic mass is 9.86. The average molecular weight is 390 g/mol. The number of piperidine rings is 1. The highest BCUT2D eigenvalue weighted by Gasteiger charge is 2.52. The van der Waals surface area contributed by atoms with Crippen LogP contribution in [-0.2, 0) is 15.6 Å². The first-order valence-corrected chi connectivity index (χ1v) is 11.0. The summed E-state index contributed by atoms with van der Waals surface area (Å²) in [6.07, 6.45) is 8.91. The van der Waals surface area contributed by atoms with Crippen molar-refractivity contribution in [2.45, 2.75) is 62.2 Å². The molecule has 2 aromatic rings. The van der Waals surface area contributed by atoms with Crippen LogP contribution in [0.25, 0.3) is 11.4 Å². The number of hydrogen-bond acceptors (Lipinski definition) is 5. The third-order valence-corrected chi connectivity index (χ3v) is 7.82. The molecule has 2 N–H and O–H groups in total. The van der Waals surface area contributed by atoms with E-state index in [1.54, 1.807) is 0 Å². The summed E-state index contributed by atoms with van der Waals surface area (Å²) in [7, 11) is 0. The summed E-state index contributed by atoms with van der Waals surface area (Å²) >= 11 is 0. The highest BCUT2D eigenvalue weighted by molar-refractivity contribution is 5.77. The Hall–Kier alpha value is -2.50. The number of carbonyl (C=O) groups excluding carboxylic acids is 1. The molecule has 2 saturated carbocycles. The Morgan fingerprint density at radius 1 is 0.897 bits per heavy atom. The molecular weight excluding hydrogens is 362 g/mol. The van der Waals surface area contributed by atoms with Gasteiger partial charge in [-0.25, -0.2) is 4.98 Å². The van der Waals surface area contributed by atoms with E-state index in [1.807, 2.05) is 0 Å². The van der Waals surface area contributed by atoms with E-state index in [4.69, 9.17) is 20.7 Å². The summed E-state index contributed by atoms with van der Waals surface area (Å²) in [5.74, 6) is 2.31. The molecule has 4 heterocycles. The van der Waals surface area contributed by atoms with E-state index in [0.29, 0.717) is 5.41 Å². The molecule has 2 aliphatic carbocycles. The van der Waals surface area contributed by atoms with Crippen LogP contribution in [0.2, 0.25) is 0 Å². The van der Waals surface area contributed by atoms with Crippen LogP contribution in [0.15, 0.2) is 24.3 Å². The fourth-order valence-corrected chi connectivity index (χ4v) is 5.26. The molecule has 1 amide bonds. The number of nitrogens with two attached hydrogens (primary N) is 1. The number of carbonyl (C=O) groups is 1. The maximum Gasteiger partial charge on any atom is 0.229 e. The van der Waals surface area contributed by atoms with Crippen molar-refractivity contribution in [2.75, 3.05) is 18.0 Å². The topological polar surface area (TPSA) is 85.0 Å². The first-order valence-electron chi connectivity index (χ1n) is 11.0. The Morgan fingerprint density at radius 2 is 1.52 bits per heavy atom. The number of fused-ring (bicyclic) bond motifs is 3. The van der Waals surface area contributed by atoms with Crippen molar-refractivity contribution >= 4 is 11.9 Å². The van der Waals surface area contributed by atoms with Gasteiger partial charge in [-0.2, -0.15) is 9.97 Å². The van der Waals surface area contributed by atoms with Gasteiger partial charge in [0.15, 0.2) is 5.82 Å². The number of amides is 1. The lowest BCUT2D eigenvalue weighted by Crippen LogP contribution is -2.39. The molecule has 0 atom stereocenters. The Balaban J connectivity index is 1.40. The van der Waals surface area contributed by atoms with Crippen molar-refractivity contribution in [1.82, 2.24) is 15.0 Å². The maximum atomic E-state index is 11.5. The van der Waals surface area contributed by atoms with Gasteiger partial charge in [0.05, 0.1) is 0 Å². The van der Waals surface area contributed by atoms with Gasteiger partial charge in [0.1, 0.15) is 5.82 Å². The van der Waals surface area contributed by atoms with Crippen LogP contribution >= 0.6 is 0 Å². The molecule has 1 saturated heterocycles. The van der Waals surface area contributed by atoms with E-state index < -0.39 is 0 Å². The molecule has 29 heavy (non-hydrogen) atoms. The van der Waals surface area contributed by atoms with E-state index in [2.05, 4.69) is 29.2 Å². The van der Waals surface area contributed by atoms with E-state index in [0.717, 1.165) is 49.1 Å². The number of hydrogen-bond donors (Lipinski definition) is 1. The van der Waals surface area contributed by atoms with Crippen LogP contribution in [0.1, 0.15) is 62.8 Å². The summed E-state index contributed by atoms with van der Waals surface area (Å²) < 4.78 is 0. The fourth-order valence-electron chi connectivity index (χ4n) is 5.26. The predicted octanol–water partition coefficient (Wildman–Crippen LogP) is 3.10. The minimum absolute atomic E-state index is 0.0295. The second-order valence-corrected chi connectivity index (χ2v) is 9.58. The van der Waals surface area contributed by atoms with Gasteiger partial charge in [-0.3, -0.25) is 4.79 Å². The molecule has 1 aromatic heterocycles. The predicted molar refractivity (Wildman–Crippen MR) is 110 cm³/mol. The monoisotopic (exact) mass is 389 g/mol. The average Bonchev–Trinajstić information content (AvgIpc) is 3.67. The van der Waals surface area contributed by atoms with E-state index in [9.17, 15) is 4.79 Å². The van der Waals surface area contributed by atoms with Crippen LogP contribution in [-0.4, -0.2) is 33.9 Å².